The summed E-state index contributed by atoms with van der Waals surface area (Å²) in [5.74, 6) is -1.97. The molecule has 0 radical (unpaired) electrons. The van der Waals surface area contributed by atoms with Gasteiger partial charge in [-0.3, -0.25) is 0 Å². The van der Waals surface area contributed by atoms with Crippen LogP contribution in [0.15, 0.2) is 42.5 Å². The maximum Gasteiger partial charge on any atom is 0.340 e. The van der Waals surface area contributed by atoms with E-state index in [4.69, 9.17) is 4.43 Å². The van der Waals surface area contributed by atoms with Crippen molar-refractivity contribution in [2.45, 2.75) is 76.6 Å². The highest BCUT2D eigenvalue weighted by Crippen LogP contribution is 2.44. The number of carbonyl (C=O) groups is 1. The van der Waals surface area contributed by atoms with E-state index in [2.05, 4.69) is 48.1 Å². The maximum atomic E-state index is 12.4. The first-order chi connectivity index (χ1) is 14.0. The van der Waals surface area contributed by atoms with Gasteiger partial charge in [0.15, 0.2) is 13.9 Å². The van der Waals surface area contributed by atoms with Crippen LogP contribution in [0, 0.1) is 5.92 Å². The number of aliphatic carboxylic acids is 1. The van der Waals surface area contributed by atoms with E-state index in [1.54, 1.807) is 6.08 Å². The number of hydrogen-bond acceptors (Lipinski definition) is 3. The first-order valence-electron chi connectivity index (χ1n) is 11.0. The van der Waals surface area contributed by atoms with Crippen molar-refractivity contribution in [2.75, 3.05) is 6.61 Å². The van der Waals surface area contributed by atoms with Gasteiger partial charge in [-0.15, -0.1) is 6.58 Å². The van der Waals surface area contributed by atoms with Crippen LogP contribution in [0.2, 0.25) is 16.6 Å². The van der Waals surface area contributed by atoms with Crippen LogP contribution in [-0.4, -0.2) is 36.7 Å². The molecule has 5 heteroatoms. The molecule has 2 rings (SSSR count). The fourth-order valence-corrected chi connectivity index (χ4v) is 10.8. The highest BCUT2D eigenvalue weighted by Gasteiger charge is 2.50. The van der Waals surface area contributed by atoms with Crippen LogP contribution in [0.4, 0.5) is 0 Å². The molecule has 0 bridgehead atoms. The number of carboxylic acid groups (broad SMARTS) is 1. The Labute approximate surface area is 182 Å². The molecule has 0 saturated heterocycles. The van der Waals surface area contributed by atoms with E-state index in [9.17, 15) is 15.0 Å². The van der Waals surface area contributed by atoms with Gasteiger partial charge in [0.25, 0.3) is 0 Å². The normalized spacial score (nSPS) is 17.5. The lowest BCUT2D eigenvalue weighted by Gasteiger charge is -2.44. The summed E-state index contributed by atoms with van der Waals surface area (Å²) in [7, 11) is -2.20. The SMILES string of the molecule is C=C[C@@H](CO[Si](C(C)C)(C(C)C)C(C)C)[C@](O)(C(=O)O)C1=Cc2ccccc2CC1. The van der Waals surface area contributed by atoms with E-state index < -0.39 is 25.8 Å². The van der Waals surface area contributed by atoms with E-state index in [0.717, 1.165) is 5.56 Å². The molecule has 0 amide bonds. The standard InChI is InChI=1S/C25H38O4Si/c1-8-22(16-29-30(17(2)3,18(4)5)19(6)7)25(28,24(26)27)23-14-13-20-11-9-10-12-21(20)15-23/h8-12,15,17-19,22,28H,1,13-14,16H2,2-7H3,(H,26,27)/t22-,25+/m0/s1. The minimum Gasteiger partial charge on any atom is -0.479 e. The summed E-state index contributed by atoms with van der Waals surface area (Å²) in [5.41, 5.74) is 1.77. The molecule has 0 aliphatic heterocycles. The van der Waals surface area contributed by atoms with Gasteiger partial charge in [0.1, 0.15) is 0 Å². The number of carboxylic acids is 1. The topological polar surface area (TPSA) is 66.8 Å². The predicted octanol–water partition coefficient (Wildman–Crippen LogP) is 5.83. The average molecular weight is 431 g/mol. The molecule has 1 aliphatic carbocycles. The van der Waals surface area contributed by atoms with Gasteiger partial charge in [-0.2, -0.15) is 0 Å². The Balaban J connectivity index is 2.41. The number of aliphatic hydroxyl groups is 1. The molecular weight excluding hydrogens is 392 g/mol. The van der Waals surface area contributed by atoms with E-state index in [1.165, 1.54) is 5.56 Å². The van der Waals surface area contributed by atoms with Crippen LogP contribution in [-0.2, 0) is 15.6 Å². The lowest BCUT2D eigenvalue weighted by atomic mass is 9.76. The summed E-state index contributed by atoms with van der Waals surface area (Å²) in [4.78, 5) is 12.4. The summed E-state index contributed by atoms with van der Waals surface area (Å²) in [5, 5.41) is 21.6. The zero-order valence-corrected chi connectivity index (χ0v) is 20.3. The van der Waals surface area contributed by atoms with Gasteiger partial charge in [0.05, 0.1) is 0 Å². The van der Waals surface area contributed by atoms with Crippen molar-refractivity contribution < 1.29 is 19.4 Å². The van der Waals surface area contributed by atoms with Crippen molar-refractivity contribution >= 4 is 20.4 Å². The predicted molar refractivity (Wildman–Crippen MR) is 126 cm³/mol. The van der Waals surface area contributed by atoms with Crippen molar-refractivity contribution in [2.24, 2.45) is 5.92 Å². The zero-order chi connectivity index (χ0) is 22.7. The molecule has 4 nitrogen and oxygen atoms in total. The molecule has 0 heterocycles. The molecule has 0 saturated carbocycles. The maximum absolute atomic E-state index is 12.4. The molecule has 0 spiro atoms. The van der Waals surface area contributed by atoms with Gasteiger partial charge < -0.3 is 14.6 Å². The third kappa shape index (κ3) is 4.34. The smallest absolute Gasteiger partial charge is 0.340 e. The molecule has 1 aromatic carbocycles. The Morgan fingerprint density at radius 3 is 2.20 bits per heavy atom. The second-order valence-corrected chi connectivity index (χ2v) is 14.9. The van der Waals surface area contributed by atoms with Gasteiger partial charge in [-0.25, -0.2) is 4.79 Å². The van der Waals surface area contributed by atoms with Crippen molar-refractivity contribution in [3.8, 4) is 0 Å². The molecular formula is C25H38O4Si. The molecule has 166 valence electrons. The Morgan fingerprint density at radius 2 is 1.70 bits per heavy atom. The lowest BCUT2D eigenvalue weighted by Crippen LogP contribution is -2.53. The van der Waals surface area contributed by atoms with Crippen LogP contribution >= 0.6 is 0 Å². The second kappa shape index (κ2) is 9.63. The van der Waals surface area contributed by atoms with Crippen molar-refractivity contribution in [3.05, 3.63) is 53.6 Å². The quantitative estimate of drug-likeness (QED) is 0.362. The van der Waals surface area contributed by atoms with Crippen molar-refractivity contribution in [1.29, 1.82) is 0 Å². The van der Waals surface area contributed by atoms with Gasteiger partial charge in [-0.1, -0.05) is 78.0 Å². The molecule has 0 aromatic heterocycles. The Bertz CT molecular complexity index is 774. The van der Waals surface area contributed by atoms with Crippen LogP contribution in [0.25, 0.3) is 6.08 Å². The van der Waals surface area contributed by atoms with Crippen LogP contribution in [0.5, 0.6) is 0 Å². The Morgan fingerprint density at radius 1 is 1.13 bits per heavy atom. The largest absolute Gasteiger partial charge is 0.479 e. The second-order valence-electron chi connectivity index (χ2n) is 9.41. The molecule has 0 fully saturated rings. The fraction of sp³-hybridized carbons (Fsp3) is 0.560. The molecule has 1 aromatic rings. The molecule has 30 heavy (non-hydrogen) atoms. The summed E-state index contributed by atoms with van der Waals surface area (Å²) >= 11 is 0. The number of fused-ring (bicyclic) bond motifs is 1. The van der Waals surface area contributed by atoms with Crippen LogP contribution < -0.4 is 0 Å². The molecule has 2 N–H and O–H groups in total. The van der Waals surface area contributed by atoms with Gasteiger partial charge in [0, 0.05) is 12.5 Å². The summed E-state index contributed by atoms with van der Waals surface area (Å²) in [6, 6.07) is 7.92. The number of aryl methyl sites for hydroxylation is 1. The number of rotatable bonds is 10. The average Bonchev–Trinajstić information content (AvgIpc) is 2.69. The fourth-order valence-electron chi connectivity index (χ4n) is 5.36. The third-order valence-electron chi connectivity index (χ3n) is 6.91. The van der Waals surface area contributed by atoms with E-state index in [1.807, 2.05) is 30.3 Å². The van der Waals surface area contributed by atoms with Crippen LogP contribution in [0.1, 0.15) is 59.1 Å². The first-order valence-corrected chi connectivity index (χ1v) is 13.2. The van der Waals surface area contributed by atoms with Gasteiger partial charge >= 0.3 is 5.97 Å². The van der Waals surface area contributed by atoms with Crippen molar-refractivity contribution in [3.63, 3.8) is 0 Å². The number of benzene rings is 1. The molecule has 0 unspecified atom stereocenters. The summed E-state index contributed by atoms with van der Waals surface area (Å²) < 4.78 is 6.64. The number of hydrogen-bond donors (Lipinski definition) is 2. The zero-order valence-electron chi connectivity index (χ0n) is 19.3. The summed E-state index contributed by atoms with van der Waals surface area (Å²) in [6.07, 6.45) is 4.60. The summed E-state index contributed by atoms with van der Waals surface area (Å²) in [6.45, 7) is 17.2. The van der Waals surface area contributed by atoms with Crippen molar-refractivity contribution in [1.82, 2.24) is 0 Å². The Kier molecular flexibility index (Phi) is 7.89. The Hall–Kier alpha value is -1.69. The highest BCUT2D eigenvalue weighted by molar-refractivity contribution is 6.77. The van der Waals surface area contributed by atoms with E-state index in [-0.39, 0.29) is 6.61 Å². The highest BCUT2D eigenvalue weighted by atomic mass is 28.4. The lowest BCUT2D eigenvalue weighted by molar-refractivity contribution is -0.159. The molecule has 2 atom stereocenters. The van der Waals surface area contributed by atoms with Gasteiger partial charge in [0.2, 0.25) is 0 Å². The minimum atomic E-state index is -2.20. The first kappa shape index (κ1) is 24.6. The van der Waals surface area contributed by atoms with Crippen LogP contribution in [0.3, 0.4) is 0 Å². The molecule has 1 aliphatic rings. The minimum absolute atomic E-state index is 0.159. The third-order valence-corrected chi connectivity index (χ3v) is 13.0. The van der Waals surface area contributed by atoms with E-state index in [0.29, 0.717) is 35.0 Å². The monoisotopic (exact) mass is 430 g/mol. The van der Waals surface area contributed by atoms with E-state index >= 15 is 0 Å². The van der Waals surface area contributed by atoms with Gasteiger partial charge in [-0.05, 0) is 46.2 Å².